The van der Waals surface area contributed by atoms with Gasteiger partial charge in [0.2, 0.25) is 0 Å². The molecule has 0 unspecified atom stereocenters. The first kappa shape index (κ1) is 22.3. The van der Waals surface area contributed by atoms with Crippen molar-refractivity contribution in [1.29, 1.82) is 5.26 Å². The number of carbonyl (C=O) groups is 1. The number of hydrogen-bond donors (Lipinski definition) is 0. The van der Waals surface area contributed by atoms with Gasteiger partial charge in [-0.3, -0.25) is 4.79 Å². The molecule has 168 valence electrons. The topological polar surface area (TPSA) is 71.1 Å². The van der Waals surface area contributed by atoms with E-state index in [0.717, 1.165) is 41.8 Å². The number of amides is 1. The SMILES string of the molecule is CC(C)Oc1ccc(-c2nn(-c3ccccc3)cc2/C=C(\C#N)C(=O)N2CCCCC2)cc1. The molecule has 3 aromatic rings. The number of hydrogen-bond acceptors (Lipinski definition) is 4. The summed E-state index contributed by atoms with van der Waals surface area (Å²) >= 11 is 0. The van der Waals surface area contributed by atoms with Gasteiger partial charge in [0.1, 0.15) is 17.4 Å². The molecule has 6 nitrogen and oxygen atoms in total. The monoisotopic (exact) mass is 440 g/mol. The number of carbonyl (C=O) groups excluding carboxylic acids is 1. The van der Waals surface area contributed by atoms with Crippen LogP contribution in [0.2, 0.25) is 0 Å². The fraction of sp³-hybridized carbons (Fsp3) is 0.296. The molecule has 1 saturated heterocycles. The Morgan fingerprint density at radius 3 is 2.39 bits per heavy atom. The second-order valence-corrected chi connectivity index (χ2v) is 8.43. The summed E-state index contributed by atoms with van der Waals surface area (Å²) < 4.78 is 7.54. The Labute approximate surface area is 194 Å². The van der Waals surface area contributed by atoms with Gasteiger partial charge in [-0.1, -0.05) is 18.2 Å². The summed E-state index contributed by atoms with van der Waals surface area (Å²) in [6.07, 6.45) is 6.70. The van der Waals surface area contributed by atoms with Crippen LogP contribution in [0.15, 0.2) is 66.4 Å². The fourth-order valence-electron chi connectivity index (χ4n) is 3.96. The van der Waals surface area contributed by atoms with E-state index in [1.165, 1.54) is 0 Å². The van der Waals surface area contributed by atoms with Gasteiger partial charge in [-0.05, 0) is 75.6 Å². The van der Waals surface area contributed by atoms with Crippen LogP contribution < -0.4 is 4.74 Å². The second kappa shape index (κ2) is 10.2. The van der Waals surface area contributed by atoms with Crippen LogP contribution in [0.1, 0.15) is 38.7 Å². The van der Waals surface area contributed by atoms with Crippen LogP contribution in [0, 0.1) is 11.3 Å². The van der Waals surface area contributed by atoms with Gasteiger partial charge >= 0.3 is 0 Å². The number of piperidine rings is 1. The van der Waals surface area contributed by atoms with Crippen molar-refractivity contribution >= 4 is 12.0 Å². The highest BCUT2D eigenvalue weighted by Gasteiger charge is 2.21. The van der Waals surface area contributed by atoms with Crippen molar-refractivity contribution < 1.29 is 9.53 Å². The number of ether oxygens (including phenoxy) is 1. The summed E-state index contributed by atoms with van der Waals surface area (Å²) in [6, 6.07) is 19.6. The van der Waals surface area contributed by atoms with E-state index in [0.29, 0.717) is 18.8 Å². The van der Waals surface area contributed by atoms with Crippen molar-refractivity contribution in [1.82, 2.24) is 14.7 Å². The molecule has 0 saturated carbocycles. The van der Waals surface area contributed by atoms with Crippen molar-refractivity contribution in [3.05, 3.63) is 71.9 Å². The van der Waals surface area contributed by atoms with Crippen molar-refractivity contribution in [2.45, 2.75) is 39.2 Å². The summed E-state index contributed by atoms with van der Waals surface area (Å²) in [5, 5.41) is 14.6. The lowest BCUT2D eigenvalue weighted by Crippen LogP contribution is -2.36. The molecule has 33 heavy (non-hydrogen) atoms. The molecule has 2 aromatic carbocycles. The van der Waals surface area contributed by atoms with E-state index in [4.69, 9.17) is 9.84 Å². The number of nitriles is 1. The highest BCUT2D eigenvalue weighted by molar-refractivity contribution is 6.02. The lowest BCUT2D eigenvalue weighted by atomic mass is 10.0. The molecule has 0 atom stereocenters. The number of likely N-dealkylation sites (tertiary alicyclic amines) is 1. The minimum absolute atomic E-state index is 0.0885. The van der Waals surface area contributed by atoms with Gasteiger partial charge < -0.3 is 9.64 Å². The van der Waals surface area contributed by atoms with Gasteiger partial charge in [0.25, 0.3) is 5.91 Å². The lowest BCUT2D eigenvalue weighted by molar-refractivity contribution is -0.127. The zero-order chi connectivity index (χ0) is 23.2. The minimum atomic E-state index is -0.212. The number of para-hydroxylation sites is 1. The smallest absolute Gasteiger partial charge is 0.264 e. The predicted octanol–water partition coefficient (Wildman–Crippen LogP) is 5.25. The predicted molar refractivity (Wildman–Crippen MR) is 129 cm³/mol. The summed E-state index contributed by atoms with van der Waals surface area (Å²) in [7, 11) is 0. The van der Waals surface area contributed by atoms with E-state index >= 15 is 0 Å². The van der Waals surface area contributed by atoms with E-state index in [1.807, 2.05) is 74.6 Å². The van der Waals surface area contributed by atoms with Gasteiger partial charge in [-0.15, -0.1) is 0 Å². The maximum Gasteiger partial charge on any atom is 0.264 e. The third kappa shape index (κ3) is 5.32. The van der Waals surface area contributed by atoms with E-state index in [-0.39, 0.29) is 17.6 Å². The van der Waals surface area contributed by atoms with Gasteiger partial charge in [-0.25, -0.2) is 4.68 Å². The number of aromatic nitrogens is 2. The Balaban J connectivity index is 1.74. The van der Waals surface area contributed by atoms with E-state index < -0.39 is 0 Å². The van der Waals surface area contributed by atoms with Crippen LogP contribution >= 0.6 is 0 Å². The zero-order valence-electron chi connectivity index (χ0n) is 19.1. The van der Waals surface area contributed by atoms with Crippen molar-refractivity contribution in [3.8, 4) is 28.8 Å². The Bertz CT molecular complexity index is 1170. The molecule has 1 aliphatic heterocycles. The second-order valence-electron chi connectivity index (χ2n) is 8.43. The largest absolute Gasteiger partial charge is 0.491 e. The fourth-order valence-corrected chi connectivity index (χ4v) is 3.96. The maximum absolute atomic E-state index is 13.0. The van der Waals surface area contributed by atoms with E-state index in [1.54, 1.807) is 15.7 Å². The molecule has 4 rings (SSSR count). The third-order valence-corrected chi connectivity index (χ3v) is 5.56. The van der Waals surface area contributed by atoms with Crippen LogP contribution in [-0.2, 0) is 4.79 Å². The summed E-state index contributed by atoms with van der Waals surface area (Å²) in [5.74, 6) is 0.572. The third-order valence-electron chi connectivity index (χ3n) is 5.56. The quantitative estimate of drug-likeness (QED) is 0.388. The van der Waals surface area contributed by atoms with Crippen LogP contribution in [0.25, 0.3) is 23.0 Å². The van der Waals surface area contributed by atoms with Crippen molar-refractivity contribution in [3.63, 3.8) is 0 Å². The van der Waals surface area contributed by atoms with Crippen LogP contribution in [0.4, 0.5) is 0 Å². The van der Waals surface area contributed by atoms with Crippen LogP contribution in [0.3, 0.4) is 0 Å². The van der Waals surface area contributed by atoms with Gasteiger partial charge in [0.15, 0.2) is 0 Å². The van der Waals surface area contributed by atoms with Gasteiger partial charge in [-0.2, -0.15) is 10.4 Å². The van der Waals surface area contributed by atoms with Crippen molar-refractivity contribution in [2.24, 2.45) is 0 Å². The van der Waals surface area contributed by atoms with Gasteiger partial charge in [0, 0.05) is 30.4 Å². The van der Waals surface area contributed by atoms with E-state index in [2.05, 4.69) is 6.07 Å². The minimum Gasteiger partial charge on any atom is -0.491 e. The Kier molecular flexibility index (Phi) is 6.89. The molecule has 0 spiro atoms. The number of benzene rings is 2. The maximum atomic E-state index is 13.0. The molecule has 0 bridgehead atoms. The van der Waals surface area contributed by atoms with E-state index in [9.17, 15) is 10.1 Å². The first-order valence-electron chi connectivity index (χ1n) is 11.4. The summed E-state index contributed by atoms with van der Waals surface area (Å²) in [5.41, 5.74) is 3.34. The molecule has 1 aromatic heterocycles. The average molecular weight is 441 g/mol. The zero-order valence-corrected chi connectivity index (χ0v) is 19.1. The van der Waals surface area contributed by atoms with Crippen LogP contribution in [-0.4, -0.2) is 39.8 Å². The Morgan fingerprint density at radius 2 is 1.76 bits per heavy atom. The Morgan fingerprint density at radius 1 is 1.06 bits per heavy atom. The van der Waals surface area contributed by atoms with Crippen LogP contribution in [0.5, 0.6) is 5.75 Å². The molecule has 0 N–H and O–H groups in total. The summed E-state index contributed by atoms with van der Waals surface area (Å²) in [4.78, 5) is 14.8. The number of rotatable bonds is 6. The Hall–Kier alpha value is -3.85. The highest BCUT2D eigenvalue weighted by atomic mass is 16.5. The number of nitrogens with zero attached hydrogens (tertiary/aromatic N) is 4. The van der Waals surface area contributed by atoms with Gasteiger partial charge in [0.05, 0.1) is 17.5 Å². The standard InChI is InChI=1S/C27H28N4O2/c1-20(2)33-25-13-11-21(12-14-25)26-23(19-31(29-26)24-9-5-3-6-10-24)17-22(18-28)27(32)30-15-7-4-8-16-30/h3,5-6,9-14,17,19-20H,4,7-8,15-16H2,1-2H3/b22-17+. The lowest BCUT2D eigenvalue weighted by Gasteiger charge is -2.26. The first-order chi connectivity index (χ1) is 16.0. The molecule has 2 heterocycles. The molecular formula is C27H28N4O2. The molecule has 0 radical (unpaired) electrons. The van der Waals surface area contributed by atoms with Crippen molar-refractivity contribution in [2.75, 3.05) is 13.1 Å². The normalized spacial score (nSPS) is 14.2. The average Bonchev–Trinajstić information content (AvgIpc) is 3.27. The summed E-state index contributed by atoms with van der Waals surface area (Å²) in [6.45, 7) is 5.37. The highest BCUT2D eigenvalue weighted by Crippen LogP contribution is 2.28. The molecule has 1 aliphatic rings. The molecular weight excluding hydrogens is 412 g/mol. The molecule has 1 fully saturated rings. The molecule has 0 aliphatic carbocycles. The molecule has 1 amide bonds. The first-order valence-corrected chi connectivity index (χ1v) is 11.4. The molecule has 6 heteroatoms.